The van der Waals surface area contributed by atoms with Crippen molar-refractivity contribution in [1.82, 2.24) is 10.2 Å². The Bertz CT molecular complexity index is 422. The van der Waals surface area contributed by atoms with Gasteiger partial charge in [-0.2, -0.15) is 0 Å². The molecular weight excluding hydrogens is 252 g/mol. The van der Waals surface area contributed by atoms with Crippen LogP contribution in [0.3, 0.4) is 0 Å². The molecule has 20 heavy (non-hydrogen) atoms. The Morgan fingerprint density at radius 2 is 2.15 bits per heavy atom. The molecule has 0 aliphatic carbocycles. The molecule has 0 bridgehead atoms. The lowest BCUT2D eigenvalue weighted by atomic mass is 9.92. The summed E-state index contributed by atoms with van der Waals surface area (Å²) >= 11 is 0. The van der Waals surface area contributed by atoms with E-state index in [0.29, 0.717) is 13.2 Å². The van der Waals surface area contributed by atoms with E-state index in [9.17, 15) is 4.79 Å². The number of hydrogen-bond acceptors (Lipinski definition) is 4. The summed E-state index contributed by atoms with van der Waals surface area (Å²) in [7, 11) is 2.09. The van der Waals surface area contributed by atoms with Gasteiger partial charge in [-0.15, -0.1) is 0 Å². The second-order valence-corrected chi connectivity index (χ2v) is 5.32. The molecule has 0 saturated carbocycles. The molecule has 1 aliphatic heterocycles. The molecule has 1 aliphatic rings. The van der Waals surface area contributed by atoms with Gasteiger partial charge in [0.05, 0.1) is 12.5 Å². The minimum Gasteiger partial charge on any atom is -0.466 e. The van der Waals surface area contributed by atoms with E-state index >= 15 is 0 Å². The summed E-state index contributed by atoms with van der Waals surface area (Å²) in [6.45, 7) is 4.84. The van der Waals surface area contributed by atoms with Crippen molar-refractivity contribution in [3.8, 4) is 0 Å². The number of ether oxygens (including phenoxy) is 1. The van der Waals surface area contributed by atoms with Crippen LogP contribution in [-0.2, 0) is 16.1 Å². The topological polar surface area (TPSA) is 41.6 Å². The van der Waals surface area contributed by atoms with Crippen LogP contribution in [0.25, 0.3) is 0 Å². The average Bonchev–Trinajstić information content (AvgIpc) is 2.48. The number of benzene rings is 1. The highest BCUT2D eigenvalue weighted by molar-refractivity contribution is 5.73. The van der Waals surface area contributed by atoms with E-state index in [0.717, 1.165) is 19.5 Å². The number of carbonyl (C=O) groups is 1. The highest BCUT2D eigenvalue weighted by Gasteiger charge is 2.34. The summed E-state index contributed by atoms with van der Waals surface area (Å²) in [6.07, 6.45) is 0.979. The maximum absolute atomic E-state index is 12.1. The molecule has 1 heterocycles. The highest BCUT2D eigenvalue weighted by atomic mass is 16.5. The molecule has 4 heteroatoms. The molecule has 4 nitrogen and oxygen atoms in total. The van der Waals surface area contributed by atoms with E-state index in [2.05, 4.69) is 41.5 Å². The zero-order chi connectivity index (χ0) is 14.4. The van der Waals surface area contributed by atoms with E-state index in [1.165, 1.54) is 5.56 Å². The lowest BCUT2D eigenvalue weighted by Gasteiger charge is -2.37. The van der Waals surface area contributed by atoms with Gasteiger partial charge >= 0.3 is 5.97 Å². The zero-order valence-electron chi connectivity index (χ0n) is 12.3. The van der Waals surface area contributed by atoms with Crippen LogP contribution >= 0.6 is 0 Å². The molecule has 1 saturated heterocycles. The van der Waals surface area contributed by atoms with Crippen molar-refractivity contribution in [1.29, 1.82) is 0 Å². The minimum absolute atomic E-state index is 0.0718. The predicted octanol–water partition coefficient (Wildman–Crippen LogP) is 1.66. The molecule has 0 amide bonds. The Morgan fingerprint density at radius 1 is 1.40 bits per heavy atom. The summed E-state index contributed by atoms with van der Waals surface area (Å²) < 4.78 is 5.21. The Labute approximate surface area is 121 Å². The van der Waals surface area contributed by atoms with Gasteiger partial charge in [-0.1, -0.05) is 30.3 Å². The number of esters is 1. The number of piperidine rings is 1. The second kappa shape index (κ2) is 7.41. The predicted molar refractivity (Wildman–Crippen MR) is 79.3 cm³/mol. The third-order valence-electron chi connectivity index (χ3n) is 3.88. The fourth-order valence-electron chi connectivity index (χ4n) is 2.85. The van der Waals surface area contributed by atoms with Gasteiger partial charge in [0.15, 0.2) is 0 Å². The lowest BCUT2D eigenvalue weighted by molar-refractivity contribution is -0.151. The Hall–Kier alpha value is -1.39. The molecule has 110 valence electrons. The monoisotopic (exact) mass is 276 g/mol. The van der Waals surface area contributed by atoms with E-state index < -0.39 is 0 Å². The standard InChI is InChI=1S/C16H24N2O2/c1-3-20-16(19)14-11-17-10-9-15(14)18(2)12-13-7-5-4-6-8-13/h4-8,14-15,17H,3,9-12H2,1-2H3/t14-,15-/m0/s1. The molecular formula is C16H24N2O2. The maximum Gasteiger partial charge on any atom is 0.311 e. The smallest absolute Gasteiger partial charge is 0.311 e. The molecule has 1 aromatic rings. The highest BCUT2D eigenvalue weighted by Crippen LogP contribution is 2.20. The van der Waals surface area contributed by atoms with Crippen molar-refractivity contribution >= 4 is 5.97 Å². The van der Waals surface area contributed by atoms with Crippen LogP contribution in [0.5, 0.6) is 0 Å². The van der Waals surface area contributed by atoms with Gasteiger partial charge < -0.3 is 10.1 Å². The first-order chi connectivity index (χ1) is 9.72. The molecule has 1 aromatic carbocycles. The van der Waals surface area contributed by atoms with Crippen LogP contribution in [0.15, 0.2) is 30.3 Å². The molecule has 0 aromatic heterocycles. The van der Waals surface area contributed by atoms with Gasteiger partial charge in [0, 0.05) is 19.1 Å². The maximum atomic E-state index is 12.1. The van der Waals surface area contributed by atoms with Crippen molar-refractivity contribution in [3.05, 3.63) is 35.9 Å². The quantitative estimate of drug-likeness (QED) is 0.831. The summed E-state index contributed by atoms with van der Waals surface area (Å²) in [4.78, 5) is 14.4. The summed E-state index contributed by atoms with van der Waals surface area (Å²) in [5, 5.41) is 3.30. The van der Waals surface area contributed by atoms with E-state index in [1.807, 2.05) is 13.0 Å². The number of hydrogen-bond donors (Lipinski definition) is 1. The number of nitrogens with zero attached hydrogens (tertiary/aromatic N) is 1. The first kappa shape index (κ1) is 15.0. The molecule has 2 rings (SSSR count). The van der Waals surface area contributed by atoms with Gasteiger partial charge in [0.25, 0.3) is 0 Å². The van der Waals surface area contributed by atoms with Crippen LogP contribution in [-0.4, -0.2) is 43.7 Å². The average molecular weight is 276 g/mol. The molecule has 1 N–H and O–H groups in total. The SMILES string of the molecule is CCOC(=O)[C@H]1CNCC[C@@H]1N(C)Cc1ccccc1. The van der Waals surface area contributed by atoms with Crippen molar-refractivity contribution in [3.63, 3.8) is 0 Å². The van der Waals surface area contributed by atoms with Crippen LogP contribution in [0.2, 0.25) is 0 Å². The van der Waals surface area contributed by atoms with Crippen LogP contribution < -0.4 is 5.32 Å². The summed E-state index contributed by atoms with van der Waals surface area (Å²) in [5.41, 5.74) is 1.27. The third kappa shape index (κ3) is 3.81. The molecule has 1 fully saturated rings. The fourth-order valence-corrected chi connectivity index (χ4v) is 2.85. The molecule has 0 radical (unpaired) electrons. The van der Waals surface area contributed by atoms with E-state index in [4.69, 9.17) is 4.74 Å². The van der Waals surface area contributed by atoms with Crippen LogP contribution in [0.4, 0.5) is 0 Å². The number of rotatable bonds is 5. The third-order valence-corrected chi connectivity index (χ3v) is 3.88. The number of nitrogens with one attached hydrogen (secondary N) is 1. The van der Waals surface area contributed by atoms with Gasteiger partial charge in [-0.3, -0.25) is 9.69 Å². The normalized spacial score (nSPS) is 22.8. The van der Waals surface area contributed by atoms with Crippen LogP contribution in [0.1, 0.15) is 18.9 Å². The van der Waals surface area contributed by atoms with Gasteiger partial charge in [0.2, 0.25) is 0 Å². The van der Waals surface area contributed by atoms with Crippen molar-refractivity contribution in [2.75, 3.05) is 26.7 Å². The largest absolute Gasteiger partial charge is 0.466 e. The fraction of sp³-hybridized carbons (Fsp3) is 0.562. The Kier molecular flexibility index (Phi) is 5.56. The van der Waals surface area contributed by atoms with Gasteiger partial charge in [-0.05, 0) is 32.5 Å². The first-order valence-electron chi connectivity index (χ1n) is 7.34. The van der Waals surface area contributed by atoms with Crippen molar-refractivity contribution in [2.24, 2.45) is 5.92 Å². The lowest BCUT2D eigenvalue weighted by Crippen LogP contribution is -2.51. The number of carbonyl (C=O) groups excluding carboxylic acids is 1. The van der Waals surface area contributed by atoms with Crippen LogP contribution in [0, 0.1) is 5.92 Å². The second-order valence-electron chi connectivity index (χ2n) is 5.32. The molecule has 0 spiro atoms. The molecule has 0 unspecified atom stereocenters. The van der Waals surface area contributed by atoms with Crippen molar-refractivity contribution < 1.29 is 9.53 Å². The Morgan fingerprint density at radius 3 is 2.85 bits per heavy atom. The zero-order valence-corrected chi connectivity index (χ0v) is 12.3. The van der Waals surface area contributed by atoms with E-state index in [-0.39, 0.29) is 17.9 Å². The summed E-state index contributed by atoms with van der Waals surface area (Å²) in [5.74, 6) is -0.151. The van der Waals surface area contributed by atoms with Gasteiger partial charge in [-0.25, -0.2) is 0 Å². The Balaban J connectivity index is 2.01. The van der Waals surface area contributed by atoms with E-state index in [1.54, 1.807) is 0 Å². The molecule has 2 atom stereocenters. The van der Waals surface area contributed by atoms with Crippen molar-refractivity contribution in [2.45, 2.75) is 25.9 Å². The summed E-state index contributed by atoms with van der Waals surface area (Å²) in [6, 6.07) is 10.6. The first-order valence-corrected chi connectivity index (χ1v) is 7.34. The minimum atomic E-state index is -0.0791. The van der Waals surface area contributed by atoms with Gasteiger partial charge in [0.1, 0.15) is 0 Å².